The van der Waals surface area contributed by atoms with Crippen molar-refractivity contribution >= 4 is 89.0 Å². The molecule has 2 aliphatic carbocycles. The van der Waals surface area contributed by atoms with Gasteiger partial charge in [-0.15, -0.1) is 0 Å². The summed E-state index contributed by atoms with van der Waals surface area (Å²) < 4.78 is 0. The van der Waals surface area contributed by atoms with Gasteiger partial charge in [0.1, 0.15) is 0 Å². The lowest BCUT2D eigenvalue weighted by Gasteiger charge is -2.34. The Balaban J connectivity index is 1.01. The highest BCUT2D eigenvalue weighted by Crippen LogP contribution is 2.47. The Morgan fingerprint density at radius 2 is 0.703 bits per heavy atom. The van der Waals surface area contributed by atoms with Gasteiger partial charge in [-0.25, -0.2) is 0 Å². The zero-order chi connectivity index (χ0) is 49.2. The lowest BCUT2D eigenvalue weighted by Crippen LogP contribution is -2.41. The van der Waals surface area contributed by atoms with Gasteiger partial charge in [-0.05, 0) is 166 Å². The molecule has 15 rings (SSSR count). The summed E-state index contributed by atoms with van der Waals surface area (Å²) in [7, 11) is -1.89. The SMILES string of the molecule is C[Si](C)(C)c1cc(C2=c3ccccc3=C(c3ccccc3-c3ccccc3)C3C=CC=CC23)cc(-c2cc(-c3ccc4ccc5cccc6ccc3c4c56)cc(-c3ccc4ccc5cccc6ccc3c4c56)c2)c1. The van der Waals surface area contributed by atoms with Gasteiger partial charge in [0.15, 0.2) is 0 Å². The third-order valence-electron chi connectivity index (χ3n) is 16.7. The van der Waals surface area contributed by atoms with E-state index in [2.05, 4.69) is 268 Å². The molecule has 2 unspecified atom stereocenters. The van der Waals surface area contributed by atoms with Gasteiger partial charge >= 0.3 is 0 Å². The molecule has 0 spiro atoms. The van der Waals surface area contributed by atoms with Crippen molar-refractivity contribution in [3.05, 3.63) is 270 Å². The highest BCUT2D eigenvalue weighted by molar-refractivity contribution is 6.88. The Kier molecular flexibility index (Phi) is 9.56. The molecule has 0 N–H and O–H groups in total. The van der Waals surface area contributed by atoms with Crippen molar-refractivity contribution in [1.29, 1.82) is 0 Å². The van der Waals surface area contributed by atoms with E-state index in [9.17, 15) is 0 Å². The van der Waals surface area contributed by atoms with Crippen LogP contribution in [0.25, 0.3) is 120 Å². The second kappa shape index (κ2) is 16.4. The Hall–Kier alpha value is -8.62. The van der Waals surface area contributed by atoms with Crippen molar-refractivity contribution < 1.29 is 0 Å². The molecule has 1 heteroatoms. The summed E-state index contributed by atoms with van der Waals surface area (Å²) >= 11 is 0. The van der Waals surface area contributed by atoms with E-state index in [1.54, 1.807) is 0 Å². The van der Waals surface area contributed by atoms with Crippen molar-refractivity contribution in [3.63, 3.8) is 0 Å². The molecule has 0 fully saturated rings. The van der Waals surface area contributed by atoms with E-state index >= 15 is 0 Å². The van der Waals surface area contributed by atoms with Gasteiger partial charge in [0.25, 0.3) is 0 Å². The third-order valence-corrected chi connectivity index (χ3v) is 18.7. The lowest BCUT2D eigenvalue weighted by atomic mass is 9.69. The molecule has 2 aliphatic rings. The minimum Gasteiger partial charge on any atom is -0.0760 e. The fraction of sp³-hybridized carbons (Fsp3) is 0.0685. The normalized spacial score (nSPS) is 15.6. The number of rotatable bonds is 7. The predicted octanol–water partition coefficient (Wildman–Crippen LogP) is 17.5. The average Bonchev–Trinajstić information content (AvgIpc) is 3.49. The van der Waals surface area contributed by atoms with Crippen LogP contribution in [-0.4, -0.2) is 8.07 Å². The maximum atomic E-state index is 2.57. The topological polar surface area (TPSA) is 0 Å². The molecule has 0 aromatic heterocycles. The summed E-state index contributed by atoms with van der Waals surface area (Å²) in [4.78, 5) is 0. The van der Waals surface area contributed by atoms with Crippen LogP contribution in [0.4, 0.5) is 0 Å². The summed E-state index contributed by atoms with van der Waals surface area (Å²) in [5, 5.41) is 19.8. The van der Waals surface area contributed by atoms with E-state index in [0.29, 0.717) is 0 Å². The van der Waals surface area contributed by atoms with Crippen molar-refractivity contribution in [2.45, 2.75) is 19.6 Å². The minimum atomic E-state index is -1.89. The molecular weight excluding hydrogens is 905 g/mol. The summed E-state index contributed by atoms with van der Waals surface area (Å²) in [5.41, 5.74) is 15.4. The zero-order valence-corrected chi connectivity index (χ0v) is 42.8. The van der Waals surface area contributed by atoms with Gasteiger partial charge in [-0.3, -0.25) is 0 Å². The maximum Gasteiger partial charge on any atom is 0.0776 e. The maximum absolute atomic E-state index is 2.57. The highest BCUT2D eigenvalue weighted by Gasteiger charge is 2.34. The van der Waals surface area contributed by atoms with Crippen LogP contribution in [0, 0.1) is 11.8 Å². The van der Waals surface area contributed by atoms with Crippen LogP contribution < -0.4 is 15.6 Å². The summed E-state index contributed by atoms with van der Waals surface area (Å²) in [6.07, 6.45) is 9.49. The summed E-state index contributed by atoms with van der Waals surface area (Å²) in [5.74, 6) is 0.308. The first kappa shape index (κ1) is 43.0. The molecule has 13 aromatic rings. The van der Waals surface area contributed by atoms with E-state index in [4.69, 9.17) is 0 Å². The highest BCUT2D eigenvalue weighted by atomic mass is 28.3. The first-order chi connectivity index (χ1) is 36.3. The summed E-state index contributed by atoms with van der Waals surface area (Å²) in [6.45, 7) is 7.52. The van der Waals surface area contributed by atoms with Crippen LogP contribution in [0.3, 0.4) is 0 Å². The van der Waals surface area contributed by atoms with Crippen LogP contribution in [0.1, 0.15) is 11.1 Å². The largest absolute Gasteiger partial charge is 0.0776 e. The minimum absolute atomic E-state index is 0.148. The molecule has 348 valence electrons. The lowest BCUT2D eigenvalue weighted by molar-refractivity contribution is 0.686. The molecule has 0 bridgehead atoms. The van der Waals surface area contributed by atoms with Gasteiger partial charge in [0.2, 0.25) is 0 Å². The summed E-state index contributed by atoms with van der Waals surface area (Å²) in [6, 6.07) is 85.8. The van der Waals surface area contributed by atoms with E-state index in [1.165, 1.54) is 147 Å². The second-order valence-electron chi connectivity index (χ2n) is 21.9. The van der Waals surface area contributed by atoms with E-state index in [0.717, 1.165) is 0 Å². The molecule has 0 saturated carbocycles. The van der Waals surface area contributed by atoms with Gasteiger partial charge in [0.05, 0.1) is 8.07 Å². The molecule has 74 heavy (non-hydrogen) atoms. The van der Waals surface area contributed by atoms with E-state index < -0.39 is 8.07 Å². The van der Waals surface area contributed by atoms with Crippen LogP contribution in [0.2, 0.25) is 19.6 Å². The Bertz CT molecular complexity index is 4440. The van der Waals surface area contributed by atoms with E-state index in [1.807, 2.05) is 0 Å². The van der Waals surface area contributed by atoms with Crippen molar-refractivity contribution in [2.24, 2.45) is 11.8 Å². The monoisotopic (exact) mass is 956 g/mol. The van der Waals surface area contributed by atoms with Crippen molar-refractivity contribution in [2.75, 3.05) is 0 Å². The Labute approximate surface area is 432 Å². The molecule has 2 atom stereocenters. The number of hydrogen-bond acceptors (Lipinski definition) is 0. The van der Waals surface area contributed by atoms with Crippen LogP contribution in [0.5, 0.6) is 0 Å². The number of benzene rings is 13. The fourth-order valence-corrected chi connectivity index (χ4v) is 14.4. The molecule has 0 radical (unpaired) electrons. The smallest absolute Gasteiger partial charge is 0.0760 e. The molecule has 13 aromatic carbocycles. The molecule has 0 aliphatic heterocycles. The van der Waals surface area contributed by atoms with Gasteiger partial charge < -0.3 is 0 Å². The van der Waals surface area contributed by atoms with Crippen molar-refractivity contribution in [1.82, 2.24) is 0 Å². The quantitative estimate of drug-likeness (QED) is 0.110. The first-order valence-corrected chi connectivity index (χ1v) is 29.8. The van der Waals surface area contributed by atoms with Crippen LogP contribution in [0.15, 0.2) is 249 Å². The Morgan fingerprint density at radius 3 is 1.27 bits per heavy atom. The fourth-order valence-electron chi connectivity index (χ4n) is 13.2. The first-order valence-electron chi connectivity index (χ1n) is 26.3. The number of hydrogen-bond donors (Lipinski definition) is 0. The van der Waals surface area contributed by atoms with Gasteiger partial charge in [-0.1, -0.05) is 249 Å². The second-order valence-corrected chi connectivity index (χ2v) is 27.0. The predicted molar refractivity (Wildman–Crippen MR) is 321 cm³/mol. The van der Waals surface area contributed by atoms with Crippen LogP contribution >= 0.6 is 0 Å². The zero-order valence-electron chi connectivity index (χ0n) is 41.8. The van der Waals surface area contributed by atoms with Gasteiger partial charge in [0, 0.05) is 11.8 Å². The standard InChI is InChI=1S/C73H52Si/c1-74(2,3)57-43-53(41-56(44-57)70-62-23-9-11-25-64(62)73(65-26-12-10-24-63(65)70)61-22-8-7-21-58(61)45-15-5-4-6-16-45)52-39-54(59-35-31-50-29-27-46-17-13-19-48-33-37-66(59)71(50)68(46)48)42-55(40-52)60-36-32-51-30-28-47-18-14-20-49-34-38-67(60)72(51)69(47)49/h4-44,62,64H,1-3H3. The van der Waals surface area contributed by atoms with Crippen molar-refractivity contribution in [3.8, 4) is 44.5 Å². The van der Waals surface area contributed by atoms with Gasteiger partial charge in [-0.2, -0.15) is 0 Å². The Morgan fingerprint density at radius 1 is 0.284 bits per heavy atom. The number of allylic oxidation sites excluding steroid dienone is 4. The average molecular weight is 957 g/mol. The molecular formula is C73H52Si. The third kappa shape index (κ3) is 6.66. The van der Waals surface area contributed by atoms with E-state index in [-0.39, 0.29) is 11.8 Å². The molecule has 0 amide bonds. The number of fused-ring (bicyclic) bond motifs is 2. The molecule has 0 saturated heterocycles. The molecule has 0 nitrogen and oxygen atoms in total. The van der Waals surface area contributed by atoms with Crippen LogP contribution in [-0.2, 0) is 0 Å². The molecule has 0 heterocycles.